The Morgan fingerprint density at radius 2 is 1.96 bits per heavy atom. The van der Waals surface area contributed by atoms with Gasteiger partial charge in [0.15, 0.2) is 11.5 Å². The average molecular weight is 313 g/mol. The molecular weight excluding hydrogens is 294 g/mol. The molecule has 0 aliphatic heterocycles. The molecule has 23 heavy (non-hydrogen) atoms. The fourth-order valence-corrected chi connectivity index (χ4v) is 2.64. The Bertz CT molecular complexity index is 800. The molecule has 2 aromatic heterocycles. The summed E-state index contributed by atoms with van der Waals surface area (Å²) in [6.07, 6.45) is 4.06. The molecule has 1 aromatic carbocycles. The summed E-state index contributed by atoms with van der Waals surface area (Å²) in [5.41, 5.74) is 2.84. The number of hydrogen-bond donors (Lipinski definition) is 1. The van der Waals surface area contributed by atoms with Crippen LogP contribution >= 0.6 is 0 Å². The van der Waals surface area contributed by atoms with Crippen molar-refractivity contribution in [1.29, 1.82) is 0 Å². The van der Waals surface area contributed by atoms with Crippen LogP contribution in [-0.2, 0) is 13.0 Å². The molecule has 0 radical (unpaired) electrons. The van der Waals surface area contributed by atoms with Gasteiger partial charge in [0.05, 0.1) is 32.0 Å². The van der Waals surface area contributed by atoms with Crippen molar-refractivity contribution in [3.8, 4) is 11.5 Å². The Morgan fingerprint density at radius 3 is 2.61 bits per heavy atom. The van der Waals surface area contributed by atoms with Crippen LogP contribution in [0.15, 0.2) is 36.7 Å². The topological polar surface area (TPSA) is 69.4 Å². The number of aliphatic hydroxyl groups is 1. The van der Waals surface area contributed by atoms with Crippen LogP contribution in [0.25, 0.3) is 10.9 Å². The number of rotatable bonds is 6. The van der Waals surface area contributed by atoms with E-state index in [0.29, 0.717) is 24.5 Å². The number of methoxy groups -OCH3 is 2. The van der Waals surface area contributed by atoms with Gasteiger partial charge in [-0.05, 0) is 17.7 Å². The van der Waals surface area contributed by atoms with Gasteiger partial charge in [0.1, 0.15) is 0 Å². The SMILES string of the molecule is COc1cc2c(CCO)nn(Cc3cccnc3)c2cc1OC. The van der Waals surface area contributed by atoms with E-state index in [0.717, 1.165) is 22.2 Å². The van der Waals surface area contributed by atoms with Crippen LogP contribution in [0.4, 0.5) is 0 Å². The number of nitrogens with zero attached hydrogens (tertiary/aromatic N) is 3. The number of fused-ring (bicyclic) bond motifs is 1. The van der Waals surface area contributed by atoms with Gasteiger partial charge >= 0.3 is 0 Å². The van der Waals surface area contributed by atoms with Crippen molar-refractivity contribution in [3.63, 3.8) is 0 Å². The highest BCUT2D eigenvalue weighted by Gasteiger charge is 2.15. The van der Waals surface area contributed by atoms with Crippen LogP contribution in [-0.4, -0.2) is 40.7 Å². The van der Waals surface area contributed by atoms with Gasteiger partial charge in [-0.1, -0.05) is 6.07 Å². The normalized spacial score (nSPS) is 10.9. The minimum Gasteiger partial charge on any atom is -0.493 e. The van der Waals surface area contributed by atoms with Gasteiger partial charge in [-0.15, -0.1) is 0 Å². The lowest BCUT2D eigenvalue weighted by atomic mass is 10.1. The minimum absolute atomic E-state index is 0.0490. The van der Waals surface area contributed by atoms with E-state index < -0.39 is 0 Å². The molecule has 0 saturated heterocycles. The van der Waals surface area contributed by atoms with Crippen molar-refractivity contribution in [2.24, 2.45) is 0 Å². The van der Waals surface area contributed by atoms with E-state index in [2.05, 4.69) is 10.1 Å². The Morgan fingerprint density at radius 1 is 1.17 bits per heavy atom. The van der Waals surface area contributed by atoms with Crippen LogP contribution in [0, 0.1) is 0 Å². The molecule has 0 bridgehead atoms. The van der Waals surface area contributed by atoms with Gasteiger partial charge in [0, 0.05) is 36.9 Å². The van der Waals surface area contributed by atoms with E-state index in [-0.39, 0.29) is 6.61 Å². The largest absolute Gasteiger partial charge is 0.493 e. The fraction of sp³-hybridized carbons (Fsp3) is 0.294. The molecule has 3 rings (SSSR count). The van der Waals surface area contributed by atoms with Gasteiger partial charge in [-0.2, -0.15) is 5.10 Å². The van der Waals surface area contributed by atoms with Crippen molar-refractivity contribution < 1.29 is 14.6 Å². The molecule has 120 valence electrons. The molecule has 2 heterocycles. The lowest BCUT2D eigenvalue weighted by molar-refractivity contribution is 0.298. The average Bonchev–Trinajstić information content (AvgIpc) is 2.91. The summed E-state index contributed by atoms with van der Waals surface area (Å²) in [5, 5.41) is 14.9. The van der Waals surface area contributed by atoms with E-state index in [4.69, 9.17) is 9.47 Å². The summed E-state index contributed by atoms with van der Waals surface area (Å²) >= 11 is 0. The number of aromatic nitrogens is 3. The second-order valence-electron chi connectivity index (χ2n) is 5.16. The van der Waals surface area contributed by atoms with E-state index in [9.17, 15) is 5.11 Å². The zero-order chi connectivity index (χ0) is 16.2. The van der Waals surface area contributed by atoms with Crippen LogP contribution in [0.5, 0.6) is 11.5 Å². The second-order valence-corrected chi connectivity index (χ2v) is 5.16. The molecular formula is C17H19N3O3. The number of aliphatic hydroxyl groups excluding tert-OH is 1. The number of hydrogen-bond acceptors (Lipinski definition) is 5. The highest BCUT2D eigenvalue weighted by molar-refractivity contribution is 5.86. The Labute approximate surface area is 134 Å². The molecule has 0 fully saturated rings. The maximum Gasteiger partial charge on any atom is 0.162 e. The van der Waals surface area contributed by atoms with Gasteiger partial charge < -0.3 is 14.6 Å². The first-order valence-electron chi connectivity index (χ1n) is 7.38. The molecule has 1 N–H and O–H groups in total. The van der Waals surface area contributed by atoms with Crippen LogP contribution in [0.3, 0.4) is 0 Å². The predicted molar refractivity (Wildman–Crippen MR) is 87.0 cm³/mol. The molecule has 0 spiro atoms. The molecule has 0 saturated carbocycles. The summed E-state index contributed by atoms with van der Waals surface area (Å²) in [6.45, 7) is 0.651. The number of benzene rings is 1. The summed E-state index contributed by atoms with van der Waals surface area (Å²) in [5.74, 6) is 1.31. The molecule has 0 aliphatic carbocycles. The summed E-state index contributed by atoms with van der Waals surface area (Å²) < 4.78 is 12.7. The molecule has 6 nitrogen and oxygen atoms in total. The second kappa shape index (κ2) is 6.66. The Kier molecular flexibility index (Phi) is 4.43. The summed E-state index contributed by atoms with van der Waals surface area (Å²) in [7, 11) is 3.22. The monoisotopic (exact) mass is 313 g/mol. The standard InChI is InChI=1S/C17H19N3O3/c1-22-16-8-13-14(5-7-21)19-20(15(13)9-17(16)23-2)11-12-4-3-6-18-10-12/h3-4,6,8-10,21H,5,7,11H2,1-2H3. The van der Waals surface area contributed by atoms with Gasteiger partial charge in [-0.25, -0.2) is 0 Å². The smallest absolute Gasteiger partial charge is 0.162 e. The third-order valence-corrected chi connectivity index (χ3v) is 3.74. The maximum atomic E-state index is 9.29. The highest BCUT2D eigenvalue weighted by Crippen LogP contribution is 2.34. The fourth-order valence-electron chi connectivity index (χ4n) is 2.64. The number of pyridine rings is 1. The van der Waals surface area contributed by atoms with E-state index in [1.807, 2.05) is 35.1 Å². The molecule has 0 aliphatic rings. The molecule has 0 unspecified atom stereocenters. The van der Waals surface area contributed by atoms with Crippen LogP contribution < -0.4 is 9.47 Å². The zero-order valence-corrected chi connectivity index (χ0v) is 13.2. The summed E-state index contributed by atoms with van der Waals surface area (Å²) in [4.78, 5) is 4.14. The van der Waals surface area contributed by atoms with Crippen molar-refractivity contribution in [3.05, 3.63) is 47.9 Å². The Balaban J connectivity index is 2.13. The Hall–Kier alpha value is -2.60. The van der Waals surface area contributed by atoms with Crippen molar-refractivity contribution in [2.75, 3.05) is 20.8 Å². The molecule has 6 heteroatoms. The van der Waals surface area contributed by atoms with Gasteiger partial charge in [0.2, 0.25) is 0 Å². The van der Waals surface area contributed by atoms with E-state index >= 15 is 0 Å². The van der Waals surface area contributed by atoms with Crippen molar-refractivity contribution >= 4 is 10.9 Å². The van der Waals surface area contributed by atoms with Crippen LogP contribution in [0.2, 0.25) is 0 Å². The first-order chi connectivity index (χ1) is 11.3. The third kappa shape index (κ3) is 2.98. The maximum absolute atomic E-state index is 9.29. The predicted octanol–water partition coefficient (Wildman–Crippen LogP) is 2.03. The zero-order valence-electron chi connectivity index (χ0n) is 13.2. The summed E-state index contributed by atoms with van der Waals surface area (Å²) in [6, 6.07) is 7.73. The molecule has 0 atom stereocenters. The van der Waals surface area contributed by atoms with E-state index in [1.54, 1.807) is 20.4 Å². The van der Waals surface area contributed by atoms with Gasteiger partial charge in [0.25, 0.3) is 0 Å². The molecule has 3 aromatic rings. The van der Waals surface area contributed by atoms with E-state index in [1.165, 1.54) is 0 Å². The van der Waals surface area contributed by atoms with Crippen molar-refractivity contribution in [2.45, 2.75) is 13.0 Å². The molecule has 0 amide bonds. The number of ether oxygens (including phenoxy) is 2. The first-order valence-corrected chi connectivity index (χ1v) is 7.38. The first kappa shape index (κ1) is 15.3. The quantitative estimate of drug-likeness (QED) is 0.754. The lowest BCUT2D eigenvalue weighted by Gasteiger charge is -2.09. The van der Waals surface area contributed by atoms with Crippen molar-refractivity contribution in [1.82, 2.24) is 14.8 Å². The van der Waals surface area contributed by atoms with Gasteiger partial charge in [-0.3, -0.25) is 9.67 Å². The van der Waals surface area contributed by atoms with Crippen LogP contribution in [0.1, 0.15) is 11.3 Å². The highest BCUT2D eigenvalue weighted by atomic mass is 16.5. The minimum atomic E-state index is 0.0490. The lowest BCUT2D eigenvalue weighted by Crippen LogP contribution is -2.03. The third-order valence-electron chi connectivity index (χ3n) is 3.74.